The highest BCUT2D eigenvalue weighted by Gasteiger charge is 2.29. The Bertz CT molecular complexity index is 1080. The van der Waals surface area contributed by atoms with Crippen molar-refractivity contribution in [3.05, 3.63) is 53.1 Å². The van der Waals surface area contributed by atoms with Crippen molar-refractivity contribution in [2.45, 2.75) is 51.6 Å². The molecule has 186 valence electrons. The lowest BCUT2D eigenvalue weighted by molar-refractivity contribution is -0.138. The number of hydrogen-bond donors (Lipinski definition) is 0. The summed E-state index contributed by atoms with van der Waals surface area (Å²) < 4.78 is 17.2. The van der Waals surface area contributed by atoms with Crippen LogP contribution in [0, 0.1) is 5.92 Å². The predicted molar refractivity (Wildman–Crippen MR) is 132 cm³/mol. The van der Waals surface area contributed by atoms with Crippen LogP contribution in [0.2, 0.25) is 0 Å². The van der Waals surface area contributed by atoms with Gasteiger partial charge in [-0.2, -0.15) is 0 Å². The quantitative estimate of drug-likeness (QED) is 0.453. The van der Waals surface area contributed by atoms with Gasteiger partial charge in [0, 0.05) is 38.4 Å². The SMILES string of the molecule is COc1cc(CN(CC2CC2)[C@@H](C)c2ccc3c(c2)CCO3)ccc1OCCN1C(=O)CCC1=O. The summed E-state index contributed by atoms with van der Waals surface area (Å²) in [4.78, 5) is 27.4. The molecule has 2 aromatic rings. The largest absolute Gasteiger partial charge is 0.493 e. The van der Waals surface area contributed by atoms with E-state index in [0.717, 1.165) is 43.3 Å². The van der Waals surface area contributed by atoms with Gasteiger partial charge in [-0.25, -0.2) is 0 Å². The van der Waals surface area contributed by atoms with Gasteiger partial charge >= 0.3 is 0 Å². The van der Waals surface area contributed by atoms with Crippen molar-refractivity contribution < 1.29 is 23.8 Å². The van der Waals surface area contributed by atoms with Crippen LogP contribution in [-0.4, -0.2) is 55.0 Å². The van der Waals surface area contributed by atoms with Gasteiger partial charge in [-0.15, -0.1) is 0 Å². The molecule has 5 rings (SSSR count). The molecule has 2 aliphatic heterocycles. The van der Waals surface area contributed by atoms with E-state index in [-0.39, 0.29) is 25.0 Å². The lowest BCUT2D eigenvalue weighted by Crippen LogP contribution is -2.33. The summed E-state index contributed by atoms with van der Waals surface area (Å²) in [6.07, 6.45) is 4.19. The fourth-order valence-corrected chi connectivity index (χ4v) is 4.95. The Hall–Kier alpha value is -3.06. The molecule has 35 heavy (non-hydrogen) atoms. The van der Waals surface area contributed by atoms with E-state index in [9.17, 15) is 9.59 Å². The highest BCUT2D eigenvalue weighted by Crippen LogP contribution is 2.36. The van der Waals surface area contributed by atoms with E-state index in [4.69, 9.17) is 14.2 Å². The molecule has 7 heteroatoms. The van der Waals surface area contributed by atoms with E-state index >= 15 is 0 Å². The fraction of sp³-hybridized carbons (Fsp3) is 0.500. The number of hydrogen-bond acceptors (Lipinski definition) is 6. The number of ether oxygens (including phenoxy) is 3. The van der Waals surface area contributed by atoms with Crippen molar-refractivity contribution in [3.63, 3.8) is 0 Å². The third kappa shape index (κ3) is 5.45. The Morgan fingerprint density at radius 2 is 1.86 bits per heavy atom. The summed E-state index contributed by atoms with van der Waals surface area (Å²) in [5.74, 6) is 2.83. The first-order chi connectivity index (χ1) is 17.0. The van der Waals surface area contributed by atoms with Crippen LogP contribution in [0.5, 0.6) is 17.2 Å². The molecule has 1 atom stereocenters. The normalized spacial score (nSPS) is 18.1. The summed E-state index contributed by atoms with van der Waals surface area (Å²) >= 11 is 0. The second kappa shape index (κ2) is 10.3. The zero-order chi connectivity index (χ0) is 24.4. The summed E-state index contributed by atoms with van der Waals surface area (Å²) in [5.41, 5.74) is 3.80. The minimum absolute atomic E-state index is 0.123. The van der Waals surface area contributed by atoms with Crippen molar-refractivity contribution in [1.82, 2.24) is 9.80 Å². The number of nitrogens with zero attached hydrogens (tertiary/aromatic N) is 2. The lowest BCUT2D eigenvalue weighted by Gasteiger charge is -2.30. The molecule has 0 bridgehead atoms. The molecule has 0 aromatic heterocycles. The van der Waals surface area contributed by atoms with Crippen LogP contribution < -0.4 is 14.2 Å². The van der Waals surface area contributed by atoms with Crippen LogP contribution in [0.15, 0.2) is 36.4 Å². The molecule has 1 saturated carbocycles. The maximum absolute atomic E-state index is 11.8. The Morgan fingerprint density at radius 3 is 2.60 bits per heavy atom. The van der Waals surface area contributed by atoms with Crippen molar-refractivity contribution in [2.24, 2.45) is 5.92 Å². The summed E-state index contributed by atoms with van der Waals surface area (Å²) in [6.45, 7) is 5.47. The first-order valence-electron chi connectivity index (χ1n) is 12.6. The van der Waals surface area contributed by atoms with Gasteiger partial charge in [-0.1, -0.05) is 18.2 Å². The second-order valence-electron chi connectivity index (χ2n) is 9.79. The van der Waals surface area contributed by atoms with E-state index in [2.05, 4.69) is 36.1 Å². The minimum Gasteiger partial charge on any atom is -0.493 e. The minimum atomic E-state index is -0.123. The summed E-state index contributed by atoms with van der Waals surface area (Å²) in [5, 5.41) is 0. The van der Waals surface area contributed by atoms with Crippen molar-refractivity contribution >= 4 is 11.8 Å². The first kappa shape index (κ1) is 23.7. The number of carbonyl (C=O) groups excluding carboxylic acids is 2. The van der Waals surface area contributed by atoms with Gasteiger partial charge in [0.15, 0.2) is 11.5 Å². The van der Waals surface area contributed by atoms with E-state index < -0.39 is 0 Å². The monoisotopic (exact) mass is 478 g/mol. The van der Waals surface area contributed by atoms with Crippen LogP contribution in [0.25, 0.3) is 0 Å². The fourth-order valence-electron chi connectivity index (χ4n) is 4.95. The molecule has 0 spiro atoms. The van der Waals surface area contributed by atoms with Gasteiger partial charge in [-0.3, -0.25) is 19.4 Å². The van der Waals surface area contributed by atoms with E-state index in [1.165, 1.54) is 28.9 Å². The van der Waals surface area contributed by atoms with Crippen LogP contribution in [0.4, 0.5) is 0 Å². The average Bonchev–Trinajstić information content (AvgIpc) is 3.46. The predicted octanol–water partition coefficient (Wildman–Crippen LogP) is 4.13. The second-order valence-corrected chi connectivity index (χ2v) is 9.79. The van der Waals surface area contributed by atoms with Gasteiger partial charge < -0.3 is 14.2 Å². The smallest absolute Gasteiger partial charge is 0.229 e. The lowest BCUT2D eigenvalue weighted by atomic mass is 10.0. The molecule has 0 N–H and O–H groups in total. The average molecular weight is 479 g/mol. The first-order valence-corrected chi connectivity index (χ1v) is 12.6. The molecule has 0 radical (unpaired) electrons. The van der Waals surface area contributed by atoms with Crippen molar-refractivity contribution in [1.29, 1.82) is 0 Å². The van der Waals surface area contributed by atoms with E-state index in [1.54, 1.807) is 7.11 Å². The highest BCUT2D eigenvalue weighted by atomic mass is 16.5. The Kier molecular flexibility index (Phi) is 6.95. The Labute approximate surface area is 206 Å². The molecule has 3 aliphatic rings. The van der Waals surface area contributed by atoms with Gasteiger partial charge in [-0.05, 0) is 60.6 Å². The molecular formula is C28H34N2O5. The molecule has 7 nitrogen and oxygen atoms in total. The number of carbonyl (C=O) groups is 2. The molecule has 1 aliphatic carbocycles. The van der Waals surface area contributed by atoms with Gasteiger partial charge in [0.1, 0.15) is 12.4 Å². The molecule has 0 unspecified atom stereocenters. The maximum Gasteiger partial charge on any atom is 0.229 e. The highest BCUT2D eigenvalue weighted by molar-refractivity contribution is 6.01. The zero-order valence-electron chi connectivity index (χ0n) is 20.6. The zero-order valence-corrected chi connectivity index (χ0v) is 20.6. The number of benzene rings is 2. The van der Waals surface area contributed by atoms with Crippen molar-refractivity contribution in [2.75, 3.05) is 33.4 Å². The Balaban J connectivity index is 1.26. The summed E-state index contributed by atoms with van der Waals surface area (Å²) in [6, 6.07) is 12.9. The third-order valence-electron chi connectivity index (χ3n) is 7.27. The molecule has 1 saturated heterocycles. The van der Waals surface area contributed by atoms with E-state index in [0.29, 0.717) is 30.4 Å². The van der Waals surface area contributed by atoms with Crippen molar-refractivity contribution in [3.8, 4) is 17.2 Å². The van der Waals surface area contributed by atoms with Gasteiger partial charge in [0.2, 0.25) is 11.8 Å². The van der Waals surface area contributed by atoms with Gasteiger partial charge in [0.25, 0.3) is 0 Å². The number of amides is 2. The number of imide groups is 1. The molecule has 2 heterocycles. The molecular weight excluding hydrogens is 444 g/mol. The standard InChI is InChI=1S/C28H34N2O5/c1-19(22-6-8-24-23(16-22)11-13-34-24)29(17-20-3-4-20)18-21-5-7-25(26(15-21)33-2)35-14-12-30-27(31)9-10-28(30)32/h5-8,15-16,19-20H,3-4,9-14,17-18H2,1-2H3/t19-/m0/s1. The van der Waals surface area contributed by atoms with E-state index in [1.807, 2.05) is 12.1 Å². The number of methoxy groups -OCH3 is 1. The number of rotatable bonds is 11. The van der Waals surface area contributed by atoms with Crippen LogP contribution >= 0.6 is 0 Å². The Morgan fingerprint density at radius 1 is 1.06 bits per heavy atom. The number of fused-ring (bicyclic) bond motifs is 1. The maximum atomic E-state index is 11.8. The number of likely N-dealkylation sites (tertiary alicyclic amines) is 1. The topological polar surface area (TPSA) is 68.3 Å². The molecule has 2 amide bonds. The van der Waals surface area contributed by atoms with Gasteiger partial charge in [0.05, 0.1) is 20.3 Å². The van der Waals surface area contributed by atoms with Crippen LogP contribution in [0.3, 0.4) is 0 Å². The van der Waals surface area contributed by atoms with Crippen LogP contribution in [0.1, 0.15) is 55.3 Å². The molecule has 2 aromatic carbocycles. The van der Waals surface area contributed by atoms with Crippen LogP contribution in [-0.2, 0) is 22.6 Å². The summed E-state index contributed by atoms with van der Waals surface area (Å²) in [7, 11) is 1.64. The molecule has 2 fully saturated rings. The third-order valence-corrected chi connectivity index (χ3v) is 7.27.